The van der Waals surface area contributed by atoms with Gasteiger partial charge in [-0.25, -0.2) is 0 Å². The number of hydrogen-bond acceptors (Lipinski definition) is 6. The molecule has 0 aromatic carbocycles. The Balaban J connectivity index is 3.04. The summed E-state index contributed by atoms with van der Waals surface area (Å²) in [5, 5.41) is 38.4. The van der Waals surface area contributed by atoms with Crippen LogP contribution in [0.4, 0.5) is 8.78 Å². The van der Waals surface area contributed by atoms with E-state index in [0.717, 1.165) is 0 Å². The summed E-state index contributed by atoms with van der Waals surface area (Å²) in [6, 6.07) is 0. The van der Waals surface area contributed by atoms with E-state index in [2.05, 4.69) is 10.1 Å². The number of nitrogens with two attached hydrogens (primary N) is 1. The van der Waals surface area contributed by atoms with Gasteiger partial charge in [-0.2, -0.15) is 13.8 Å². The Morgan fingerprint density at radius 3 is 2.62 bits per heavy atom. The predicted molar refractivity (Wildman–Crippen MR) is 67.2 cm³/mol. The van der Waals surface area contributed by atoms with Crippen molar-refractivity contribution < 1.29 is 28.9 Å². The summed E-state index contributed by atoms with van der Waals surface area (Å²) in [4.78, 5) is 3.30. The number of nitrogens with zero attached hydrogens (tertiary/aromatic N) is 2. The first-order valence-electron chi connectivity index (χ1n) is 5.43. The number of aliphatic imine (C=N–C) groups is 1. The minimum Gasteiger partial charge on any atom is -0.408 e. The molecule has 1 fully saturated rings. The number of aliphatic hydroxyl groups is 2. The monoisotopic (exact) mass is 305 g/mol. The topological polar surface area (TPSA) is 157 Å². The number of rotatable bonds is 3. The second kappa shape index (κ2) is 6.00. The summed E-state index contributed by atoms with van der Waals surface area (Å²) in [6.07, 6.45) is 0.853. The smallest absolute Gasteiger partial charge is 0.321 e. The van der Waals surface area contributed by atoms with Crippen molar-refractivity contribution in [2.45, 2.75) is 23.9 Å². The van der Waals surface area contributed by atoms with Crippen LogP contribution < -0.4 is 11.1 Å². The predicted octanol–water partition coefficient (Wildman–Crippen LogP) is -1.96. The first kappa shape index (κ1) is 16.8. The molecule has 0 spiro atoms. The molecule has 1 heterocycles. The molecule has 0 radical (unpaired) electrons. The quantitative estimate of drug-likeness (QED) is 0.117. The molecule has 1 saturated heterocycles. The van der Waals surface area contributed by atoms with Gasteiger partial charge in [-0.3, -0.25) is 0 Å². The fraction of sp³-hybridized carbons (Fsp3) is 0.500. The summed E-state index contributed by atoms with van der Waals surface area (Å²) in [6.45, 7) is -1.06. The lowest BCUT2D eigenvalue weighted by atomic mass is 9.96. The molecule has 116 valence electrons. The molecular formula is C10H13F2N5O4. The zero-order chi connectivity index (χ0) is 16.3. The molecule has 0 bridgehead atoms. The Labute approximate surface area is 117 Å². The first-order chi connectivity index (χ1) is 9.77. The number of amidine groups is 1. The van der Waals surface area contributed by atoms with Gasteiger partial charge in [-0.15, -0.1) is 6.42 Å². The van der Waals surface area contributed by atoms with Crippen LogP contribution in [0, 0.1) is 17.8 Å². The van der Waals surface area contributed by atoms with Gasteiger partial charge in [0.2, 0.25) is 0 Å². The van der Waals surface area contributed by atoms with Crippen LogP contribution in [-0.2, 0) is 4.74 Å². The fourth-order valence-corrected chi connectivity index (χ4v) is 1.57. The maximum Gasteiger partial charge on any atom is 0.321 e. The average Bonchev–Trinajstić information content (AvgIpc) is 2.67. The van der Waals surface area contributed by atoms with E-state index < -0.39 is 42.3 Å². The average molecular weight is 305 g/mol. The molecule has 1 aliphatic rings. The van der Waals surface area contributed by atoms with Crippen molar-refractivity contribution in [1.29, 1.82) is 5.41 Å². The van der Waals surface area contributed by atoms with Crippen molar-refractivity contribution >= 4 is 18.0 Å². The van der Waals surface area contributed by atoms with Gasteiger partial charge >= 0.3 is 5.92 Å². The van der Waals surface area contributed by atoms with Crippen molar-refractivity contribution in [3.05, 3.63) is 0 Å². The van der Waals surface area contributed by atoms with E-state index in [9.17, 15) is 13.9 Å². The van der Waals surface area contributed by atoms with Crippen molar-refractivity contribution in [1.82, 2.24) is 5.32 Å². The largest absolute Gasteiger partial charge is 0.408 e. The number of guanidine groups is 1. The molecule has 21 heavy (non-hydrogen) atoms. The van der Waals surface area contributed by atoms with Crippen LogP contribution >= 0.6 is 0 Å². The molecule has 7 N–H and O–H groups in total. The molecular weight excluding hydrogens is 292 g/mol. The number of halogens is 2. The molecule has 0 saturated carbocycles. The highest BCUT2D eigenvalue weighted by Crippen LogP contribution is 2.41. The highest BCUT2D eigenvalue weighted by atomic mass is 19.3. The maximum atomic E-state index is 13.9. The lowest BCUT2D eigenvalue weighted by Gasteiger charge is -2.23. The summed E-state index contributed by atoms with van der Waals surface area (Å²) in [5.74, 6) is -3.39. The highest BCUT2D eigenvalue weighted by molar-refractivity contribution is 6.29. The molecule has 0 unspecified atom stereocenters. The van der Waals surface area contributed by atoms with Crippen molar-refractivity contribution in [3.8, 4) is 12.3 Å². The van der Waals surface area contributed by atoms with E-state index in [0.29, 0.717) is 6.21 Å². The number of ether oxygens (including phenoxy) is 1. The van der Waals surface area contributed by atoms with E-state index in [1.165, 1.54) is 0 Å². The normalized spacial score (nSPS) is 32.5. The number of hydrogen-bond donors (Lipinski definition) is 6. The lowest BCUT2D eigenvalue weighted by molar-refractivity contribution is -0.116. The Hall–Kier alpha value is -2.29. The molecule has 1 aliphatic heterocycles. The van der Waals surface area contributed by atoms with Gasteiger partial charge in [-0.1, -0.05) is 5.92 Å². The van der Waals surface area contributed by atoms with Gasteiger partial charge in [0, 0.05) is 0 Å². The van der Waals surface area contributed by atoms with Crippen LogP contribution in [0.15, 0.2) is 10.1 Å². The molecule has 0 aromatic rings. The Kier molecular flexibility index (Phi) is 4.79. The highest BCUT2D eigenvalue weighted by Gasteiger charge is 2.66. The van der Waals surface area contributed by atoms with Crippen molar-refractivity contribution in [2.24, 2.45) is 15.9 Å². The van der Waals surface area contributed by atoms with E-state index in [-0.39, 0.29) is 0 Å². The molecule has 3 atom stereocenters. The summed E-state index contributed by atoms with van der Waals surface area (Å²) < 4.78 is 32.5. The number of nitrogens with one attached hydrogen (secondary N) is 2. The first-order valence-corrected chi connectivity index (χ1v) is 5.43. The molecule has 0 aliphatic carbocycles. The van der Waals surface area contributed by atoms with Crippen molar-refractivity contribution in [3.63, 3.8) is 0 Å². The van der Waals surface area contributed by atoms with Crippen LogP contribution in [0.5, 0.6) is 0 Å². The van der Waals surface area contributed by atoms with E-state index in [1.807, 2.05) is 5.32 Å². The minimum atomic E-state index is -3.92. The van der Waals surface area contributed by atoms with Crippen LogP contribution in [0.1, 0.15) is 0 Å². The Morgan fingerprint density at radius 2 is 2.24 bits per heavy atom. The van der Waals surface area contributed by atoms with Crippen LogP contribution in [0.3, 0.4) is 0 Å². The van der Waals surface area contributed by atoms with Crippen LogP contribution in [-0.4, -0.2) is 63.9 Å². The van der Waals surface area contributed by atoms with Gasteiger partial charge in [0.1, 0.15) is 5.84 Å². The number of oxime groups is 1. The third-order valence-corrected chi connectivity index (χ3v) is 2.70. The van der Waals surface area contributed by atoms with E-state index in [1.54, 1.807) is 5.92 Å². The zero-order valence-corrected chi connectivity index (χ0v) is 10.5. The third-order valence-electron chi connectivity index (χ3n) is 2.70. The minimum absolute atomic E-state index is 0.442. The lowest BCUT2D eigenvalue weighted by Crippen LogP contribution is -2.50. The number of terminal acetylenes is 1. The standard InChI is InChI=1S/C10H13F2N5O4/c1-2-9(4-18)6(19)10(11,12)7(21-9)16-8(17-20)15-5(14)3-13/h1,3,6-7,13,18-20H,4H2,(H3,14,15,16,17)/t6-,7-,9-/m1/s1. The van der Waals surface area contributed by atoms with Gasteiger partial charge < -0.3 is 36.6 Å². The molecule has 9 nitrogen and oxygen atoms in total. The van der Waals surface area contributed by atoms with E-state index >= 15 is 0 Å². The van der Waals surface area contributed by atoms with Gasteiger partial charge in [0.25, 0.3) is 5.96 Å². The second-order valence-corrected chi connectivity index (χ2v) is 4.02. The Morgan fingerprint density at radius 1 is 1.62 bits per heavy atom. The van der Waals surface area contributed by atoms with Gasteiger partial charge in [0.05, 0.1) is 12.8 Å². The third kappa shape index (κ3) is 2.92. The summed E-state index contributed by atoms with van der Waals surface area (Å²) in [7, 11) is 0. The second-order valence-electron chi connectivity index (χ2n) is 4.02. The van der Waals surface area contributed by atoms with Gasteiger partial charge in [0.15, 0.2) is 17.9 Å². The molecule has 11 heteroatoms. The Bertz CT molecular complexity index is 518. The molecule has 1 rings (SSSR count). The van der Waals surface area contributed by atoms with Crippen LogP contribution in [0.2, 0.25) is 0 Å². The van der Waals surface area contributed by atoms with Crippen LogP contribution in [0.25, 0.3) is 0 Å². The van der Waals surface area contributed by atoms with Gasteiger partial charge in [-0.05, 0) is 5.16 Å². The molecule has 0 aromatic heterocycles. The summed E-state index contributed by atoms with van der Waals surface area (Å²) in [5.41, 5.74) is 2.83. The molecule has 0 amide bonds. The SMILES string of the molecule is C#C[C@]1(CO)O[C@@H](NC(=N/O)/N=C(/N)C=N)C(F)(F)[C@@H]1O. The fourth-order valence-electron chi connectivity index (χ4n) is 1.57. The number of alkyl halides is 2. The zero-order valence-electron chi connectivity index (χ0n) is 10.5. The summed E-state index contributed by atoms with van der Waals surface area (Å²) >= 11 is 0. The van der Waals surface area contributed by atoms with E-state index in [4.69, 9.17) is 32.6 Å². The van der Waals surface area contributed by atoms with Crippen molar-refractivity contribution in [2.75, 3.05) is 6.61 Å². The number of aliphatic hydroxyl groups excluding tert-OH is 2. The maximum absolute atomic E-state index is 13.9.